The molecule has 0 fully saturated rings. The zero-order valence-electron chi connectivity index (χ0n) is 7.84. The second-order valence-corrected chi connectivity index (χ2v) is 2.86. The van der Waals surface area contributed by atoms with Gasteiger partial charge in [0, 0.05) is 6.42 Å². The lowest BCUT2D eigenvalue weighted by molar-refractivity contribution is -0.152. The Morgan fingerprint density at radius 1 is 1.60 bits per heavy atom. The molecule has 0 unspecified atom stereocenters. The maximum Gasteiger partial charge on any atom is 0.350 e. The molecule has 8 heteroatoms. The highest BCUT2D eigenvalue weighted by Crippen LogP contribution is 2.18. The number of ether oxygens (including phenoxy) is 1. The molecule has 1 atom stereocenters. The molecule has 1 aliphatic rings. The summed E-state index contributed by atoms with van der Waals surface area (Å²) in [6, 6.07) is 0. The van der Waals surface area contributed by atoms with Gasteiger partial charge in [-0.15, -0.1) is 0 Å². The lowest BCUT2D eigenvalue weighted by atomic mass is 10.1. The average molecular weight is 212 g/mol. The van der Waals surface area contributed by atoms with E-state index in [0.29, 0.717) is 11.4 Å². The van der Waals surface area contributed by atoms with E-state index in [0.717, 1.165) is 0 Å². The molecule has 0 spiro atoms. The molecule has 2 heterocycles. The molecule has 0 aliphatic carbocycles. The van der Waals surface area contributed by atoms with Crippen molar-refractivity contribution in [2.75, 3.05) is 12.8 Å². The molecule has 2 rings (SSSR count). The predicted molar refractivity (Wildman–Crippen MR) is 46.8 cm³/mol. The zero-order valence-corrected chi connectivity index (χ0v) is 7.84. The molecule has 1 aromatic heterocycles. The number of aromatic nitrogens is 2. The van der Waals surface area contributed by atoms with E-state index in [4.69, 9.17) is 10.6 Å². The largest absolute Gasteiger partial charge is 0.466 e. The van der Waals surface area contributed by atoms with Gasteiger partial charge in [-0.05, 0) is 10.3 Å². The van der Waals surface area contributed by atoms with Crippen LogP contribution >= 0.6 is 0 Å². The Balaban J connectivity index is 2.10. The minimum absolute atomic E-state index is 0.114. The van der Waals surface area contributed by atoms with Crippen LogP contribution in [0.1, 0.15) is 12.1 Å². The maximum atomic E-state index is 11.1. The van der Waals surface area contributed by atoms with Crippen molar-refractivity contribution in [2.45, 2.75) is 12.5 Å². The van der Waals surface area contributed by atoms with Gasteiger partial charge in [0.05, 0.1) is 7.11 Å². The van der Waals surface area contributed by atoms with Crippen molar-refractivity contribution in [1.29, 1.82) is 0 Å². The third-order valence-corrected chi connectivity index (χ3v) is 1.92. The highest BCUT2D eigenvalue weighted by atomic mass is 16.7. The van der Waals surface area contributed by atoms with Crippen LogP contribution in [-0.4, -0.2) is 35.2 Å². The standard InChI is InChI=1S/C7H8N4O4/c1-13-7(12)4-2-3(9-14-4)5-6(8)11-15-10-5/h4H,2H2,1H3,(H2,8,11)/t4-/m1/s1. The summed E-state index contributed by atoms with van der Waals surface area (Å²) in [5, 5.41) is 10.6. The summed E-state index contributed by atoms with van der Waals surface area (Å²) in [4.78, 5) is 15.9. The molecule has 15 heavy (non-hydrogen) atoms. The first-order chi connectivity index (χ1) is 7.22. The van der Waals surface area contributed by atoms with E-state index in [1.165, 1.54) is 7.11 Å². The van der Waals surface area contributed by atoms with Gasteiger partial charge in [-0.25, -0.2) is 9.42 Å². The van der Waals surface area contributed by atoms with Crippen LogP contribution in [0.5, 0.6) is 0 Å². The van der Waals surface area contributed by atoms with Crippen molar-refractivity contribution in [1.82, 2.24) is 10.3 Å². The van der Waals surface area contributed by atoms with Crippen molar-refractivity contribution in [2.24, 2.45) is 5.16 Å². The van der Waals surface area contributed by atoms with Gasteiger partial charge in [0.1, 0.15) is 5.71 Å². The van der Waals surface area contributed by atoms with Gasteiger partial charge < -0.3 is 15.3 Å². The Labute approximate surface area is 84.0 Å². The Kier molecular flexibility index (Phi) is 2.24. The first-order valence-electron chi connectivity index (χ1n) is 4.11. The number of hydrogen-bond donors (Lipinski definition) is 1. The molecule has 0 saturated carbocycles. The Bertz CT molecular complexity index is 413. The summed E-state index contributed by atoms with van der Waals surface area (Å²) in [6.45, 7) is 0. The van der Waals surface area contributed by atoms with E-state index in [-0.39, 0.29) is 12.2 Å². The number of nitrogen functional groups attached to an aromatic ring is 1. The fourth-order valence-corrected chi connectivity index (χ4v) is 1.17. The van der Waals surface area contributed by atoms with Crippen LogP contribution < -0.4 is 5.73 Å². The van der Waals surface area contributed by atoms with Crippen molar-refractivity contribution in [3.8, 4) is 0 Å². The fraction of sp³-hybridized carbons (Fsp3) is 0.429. The quantitative estimate of drug-likeness (QED) is 0.646. The molecular weight excluding hydrogens is 204 g/mol. The molecule has 2 N–H and O–H groups in total. The highest BCUT2D eigenvalue weighted by Gasteiger charge is 2.32. The van der Waals surface area contributed by atoms with Crippen LogP contribution in [0.3, 0.4) is 0 Å². The van der Waals surface area contributed by atoms with Crippen LogP contribution in [0.15, 0.2) is 9.78 Å². The van der Waals surface area contributed by atoms with Crippen LogP contribution in [0.2, 0.25) is 0 Å². The van der Waals surface area contributed by atoms with Gasteiger partial charge in [0.25, 0.3) is 0 Å². The molecule has 1 aliphatic heterocycles. The van der Waals surface area contributed by atoms with Crippen LogP contribution in [0.4, 0.5) is 5.82 Å². The lowest BCUT2D eigenvalue weighted by Crippen LogP contribution is -2.22. The van der Waals surface area contributed by atoms with E-state index in [2.05, 4.69) is 24.8 Å². The van der Waals surface area contributed by atoms with E-state index >= 15 is 0 Å². The Morgan fingerprint density at radius 3 is 3.00 bits per heavy atom. The monoisotopic (exact) mass is 212 g/mol. The van der Waals surface area contributed by atoms with E-state index in [9.17, 15) is 4.79 Å². The van der Waals surface area contributed by atoms with E-state index < -0.39 is 12.1 Å². The smallest absolute Gasteiger partial charge is 0.350 e. The van der Waals surface area contributed by atoms with Crippen LogP contribution in [0.25, 0.3) is 0 Å². The highest BCUT2D eigenvalue weighted by molar-refractivity contribution is 6.04. The first-order valence-corrected chi connectivity index (χ1v) is 4.11. The van der Waals surface area contributed by atoms with Crippen LogP contribution in [-0.2, 0) is 14.4 Å². The SMILES string of the molecule is COC(=O)[C@H]1CC(c2nonc2N)=NO1. The van der Waals surface area contributed by atoms with Gasteiger partial charge in [-0.2, -0.15) is 0 Å². The molecule has 8 nitrogen and oxygen atoms in total. The molecule has 80 valence electrons. The summed E-state index contributed by atoms with van der Waals surface area (Å²) < 4.78 is 8.90. The molecule has 0 amide bonds. The Hall–Kier alpha value is -2.12. The van der Waals surface area contributed by atoms with Gasteiger partial charge >= 0.3 is 5.97 Å². The van der Waals surface area contributed by atoms with Crippen molar-refractivity contribution in [3.05, 3.63) is 5.69 Å². The molecule has 0 aromatic carbocycles. The molecule has 0 bridgehead atoms. The number of rotatable bonds is 2. The summed E-state index contributed by atoms with van der Waals surface area (Å²) in [5.41, 5.74) is 6.17. The van der Waals surface area contributed by atoms with Gasteiger partial charge in [0.2, 0.25) is 6.10 Å². The third kappa shape index (κ3) is 1.60. The number of nitrogens with zero attached hydrogens (tertiary/aromatic N) is 3. The van der Waals surface area contributed by atoms with Gasteiger partial charge in [-0.3, -0.25) is 0 Å². The van der Waals surface area contributed by atoms with Crippen LogP contribution in [0, 0.1) is 0 Å². The van der Waals surface area contributed by atoms with E-state index in [1.54, 1.807) is 0 Å². The summed E-state index contributed by atoms with van der Waals surface area (Å²) in [6.07, 6.45) is -0.508. The zero-order chi connectivity index (χ0) is 10.8. The number of hydrogen-bond acceptors (Lipinski definition) is 8. The van der Waals surface area contributed by atoms with E-state index in [1.807, 2.05) is 0 Å². The van der Waals surface area contributed by atoms with Gasteiger partial charge in [0.15, 0.2) is 11.5 Å². The predicted octanol–water partition coefficient (Wildman–Crippen LogP) is -0.682. The minimum atomic E-state index is -0.749. The summed E-state index contributed by atoms with van der Waals surface area (Å²) in [7, 11) is 1.27. The molecular formula is C7H8N4O4. The van der Waals surface area contributed by atoms with Crippen molar-refractivity contribution in [3.63, 3.8) is 0 Å². The normalized spacial score (nSPS) is 19.5. The minimum Gasteiger partial charge on any atom is -0.466 e. The number of carbonyl (C=O) groups is 1. The number of carbonyl (C=O) groups excluding carboxylic acids is 1. The van der Waals surface area contributed by atoms with Crippen molar-refractivity contribution >= 4 is 17.5 Å². The summed E-state index contributed by atoms with van der Waals surface area (Å²) >= 11 is 0. The second-order valence-electron chi connectivity index (χ2n) is 2.86. The number of nitrogens with two attached hydrogens (primary N) is 1. The lowest BCUT2D eigenvalue weighted by Gasteiger charge is -2.03. The van der Waals surface area contributed by atoms with Crippen molar-refractivity contribution < 1.29 is 19.0 Å². The second kappa shape index (κ2) is 3.56. The molecule has 1 aromatic rings. The van der Waals surface area contributed by atoms with Gasteiger partial charge in [-0.1, -0.05) is 5.16 Å². The Morgan fingerprint density at radius 2 is 2.40 bits per heavy atom. The molecule has 0 saturated heterocycles. The number of oxime groups is 1. The molecule has 0 radical (unpaired) electrons. The topological polar surface area (TPSA) is 113 Å². The number of esters is 1. The maximum absolute atomic E-state index is 11.1. The number of methoxy groups -OCH3 is 1. The first kappa shape index (κ1) is 9.44. The number of anilines is 1. The average Bonchev–Trinajstić information content (AvgIpc) is 2.84. The third-order valence-electron chi connectivity index (χ3n) is 1.92. The fourth-order valence-electron chi connectivity index (χ4n) is 1.17. The summed E-state index contributed by atoms with van der Waals surface area (Å²) in [5.74, 6) is -0.383.